The zero-order valence-electron chi connectivity index (χ0n) is 11.5. The summed E-state index contributed by atoms with van der Waals surface area (Å²) in [6.07, 6.45) is 8.69. The van der Waals surface area contributed by atoms with Crippen LogP contribution in [-0.2, 0) is 0 Å². The largest absolute Gasteiger partial charge is 0.384 e. The van der Waals surface area contributed by atoms with E-state index in [1.807, 2.05) is 4.90 Å². The number of nitrogens with two attached hydrogens (primary N) is 1. The lowest BCUT2D eigenvalue weighted by Crippen LogP contribution is -2.49. The maximum atomic E-state index is 12.8. The first-order chi connectivity index (χ1) is 9.66. The average Bonchev–Trinajstić information content (AvgIpc) is 2.48. The van der Waals surface area contributed by atoms with Crippen LogP contribution in [0, 0.1) is 5.92 Å². The first-order valence-corrected chi connectivity index (χ1v) is 7.76. The number of amides is 1. The first-order valence-electron chi connectivity index (χ1n) is 7.39. The number of hydrogen-bond acceptors (Lipinski definition) is 3. The van der Waals surface area contributed by atoms with E-state index in [0.29, 0.717) is 28.4 Å². The minimum atomic E-state index is 0.0145. The number of pyridine rings is 1. The summed E-state index contributed by atoms with van der Waals surface area (Å²) in [5, 5.41) is 0.391. The van der Waals surface area contributed by atoms with Crippen LogP contribution in [0.5, 0.6) is 0 Å². The fourth-order valence-corrected chi connectivity index (χ4v) is 3.83. The Morgan fingerprint density at radius 1 is 1.30 bits per heavy atom. The molecule has 2 fully saturated rings. The summed E-state index contributed by atoms with van der Waals surface area (Å²) < 4.78 is 0. The van der Waals surface area contributed by atoms with E-state index in [0.717, 1.165) is 19.4 Å². The van der Waals surface area contributed by atoms with Crippen molar-refractivity contribution >= 4 is 23.3 Å². The highest BCUT2D eigenvalue weighted by atomic mass is 35.5. The predicted octanol–water partition coefficient (Wildman–Crippen LogP) is 3.11. The van der Waals surface area contributed by atoms with Gasteiger partial charge in [0.2, 0.25) is 0 Å². The van der Waals surface area contributed by atoms with E-state index in [2.05, 4.69) is 4.98 Å². The van der Waals surface area contributed by atoms with Gasteiger partial charge in [-0.1, -0.05) is 24.4 Å². The molecule has 2 unspecified atom stereocenters. The number of hydrogen-bond donors (Lipinski definition) is 1. The summed E-state index contributed by atoms with van der Waals surface area (Å²) >= 11 is 6.12. The molecule has 3 rings (SSSR count). The Hall–Kier alpha value is -1.29. The molecule has 2 atom stereocenters. The van der Waals surface area contributed by atoms with Crippen LogP contribution in [0.1, 0.15) is 48.9 Å². The van der Waals surface area contributed by atoms with Gasteiger partial charge in [-0.3, -0.25) is 4.79 Å². The number of likely N-dealkylation sites (tertiary alicyclic amines) is 1. The van der Waals surface area contributed by atoms with Crippen LogP contribution in [0.4, 0.5) is 5.82 Å². The Balaban J connectivity index is 1.87. The van der Waals surface area contributed by atoms with Crippen molar-refractivity contribution < 1.29 is 4.79 Å². The molecule has 5 heteroatoms. The number of nitrogen functional groups attached to an aromatic ring is 1. The summed E-state index contributed by atoms with van der Waals surface area (Å²) in [6.45, 7) is 0.832. The van der Waals surface area contributed by atoms with Gasteiger partial charge < -0.3 is 10.6 Å². The molecule has 1 aliphatic heterocycles. The van der Waals surface area contributed by atoms with E-state index < -0.39 is 0 Å². The summed E-state index contributed by atoms with van der Waals surface area (Å²) in [4.78, 5) is 18.7. The molecule has 0 radical (unpaired) electrons. The van der Waals surface area contributed by atoms with Gasteiger partial charge >= 0.3 is 0 Å². The Morgan fingerprint density at radius 3 is 2.90 bits per heavy atom. The van der Waals surface area contributed by atoms with Crippen molar-refractivity contribution in [3.05, 3.63) is 22.8 Å². The van der Waals surface area contributed by atoms with Crippen LogP contribution in [0.25, 0.3) is 0 Å². The van der Waals surface area contributed by atoms with Crippen molar-refractivity contribution in [2.24, 2.45) is 5.92 Å². The Kier molecular flexibility index (Phi) is 3.83. The van der Waals surface area contributed by atoms with Crippen molar-refractivity contribution in [2.45, 2.75) is 44.6 Å². The molecule has 1 saturated carbocycles. The number of carbonyl (C=O) groups excluding carboxylic acids is 1. The molecule has 1 saturated heterocycles. The number of fused-ring (bicyclic) bond motifs is 1. The van der Waals surface area contributed by atoms with Gasteiger partial charge in [-0.15, -0.1) is 0 Å². The molecular formula is C15H20ClN3O. The molecule has 0 spiro atoms. The highest BCUT2D eigenvalue weighted by Crippen LogP contribution is 2.36. The van der Waals surface area contributed by atoms with Crippen LogP contribution >= 0.6 is 11.6 Å². The lowest BCUT2D eigenvalue weighted by atomic mass is 9.78. The second kappa shape index (κ2) is 5.60. The summed E-state index contributed by atoms with van der Waals surface area (Å²) in [5.74, 6) is 1.02. The quantitative estimate of drug-likeness (QED) is 0.865. The van der Waals surface area contributed by atoms with E-state index >= 15 is 0 Å². The van der Waals surface area contributed by atoms with Gasteiger partial charge in [0.25, 0.3) is 5.91 Å². The van der Waals surface area contributed by atoms with E-state index in [1.165, 1.54) is 31.9 Å². The predicted molar refractivity (Wildman–Crippen MR) is 79.7 cm³/mol. The van der Waals surface area contributed by atoms with E-state index in [1.54, 1.807) is 6.07 Å². The molecule has 2 N–H and O–H groups in total. The molecular weight excluding hydrogens is 274 g/mol. The van der Waals surface area contributed by atoms with Gasteiger partial charge in [-0.05, 0) is 37.7 Å². The number of nitrogens with zero attached hydrogens (tertiary/aromatic N) is 2. The molecule has 0 bridgehead atoms. The molecule has 1 amide bonds. The lowest BCUT2D eigenvalue weighted by Gasteiger charge is -2.44. The van der Waals surface area contributed by atoms with Crippen LogP contribution in [0.15, 0.2) is 12.3 Å². The minimum Gasteiger partial charge on any atom is -0.384 e. The smallest absolute Gasteiger partial charge is 0.255 e. The normalized spacial score (nSPS) is 26.1. The van der Waals surface area contributed by atoms with E-state index in [4.69, 9.17) is 17.3 Å². The maximum Gasteiger partial charge on any atom is 0.255 e. The number of carbonyl (C=O) groups is 1. The highest BCUT2D eigenvalue weighted by Gasteiger charge is 2.36. The summed E-state index contributed by atoms with van der Waals surface area (Å²) in [7, 11) is 0. The van der Waals surface area contributed by atoms with Gasteiger partial charge in [-0.25, -0.2) is 4.98 Å². The van der Waals surface area contributed by atoms with Gasteiger partial charge in [0.05, 0.1) is 10.6 Å². The van der Waals surface area contributed by atoms with Gasteiger partial charge in [0.15, 0.2) is 0 Å². The van der Waals surface area contributed by atoms with Crippen molar-refractivity contribution in [1.82, 2.24) is 9.88 Å². The molecule has 2 heterocycles. The SMILES string of the molecule is Nc1cc(C(=O)N2CCCC3CCCCC32)c(Cl)cn1. The second-order valence-corrected chi connectivity index (χ2v) is 6.25. The second-order valence-electron chi connectivity index (χ2n) is 5.84. The molecule has 108 valence electrons. The fraction of sp³-hybridized carbons (Fsp3) is 0.600. The van der Waals surface area contributed by atoms with Crippen molar-refractivity contribution in [3.8, 4) is 0 Å². The lowest BCUT2D eigenvalue weighted by molar-refractivity contribution is 0.0391. The van der Waals surface area contributed by atoms with E-state index in [9.17, 15) is 4.79 Å². The molecule has 1 aromatic rings. The van der Waals surface area contributed by atoms with Gasteiger partial charge in [0.1, 0.15) is 5.82 Å². The van der Waals surface area contributed by atoms with Crippen molar-refractivity contribution in [1.29, 1.82) is 0 Å². The zero-order chi connectivity index (χ0) is 14.1. The molecule has 1 aromatic heterocycles. The topological polar surface area (TPSA) is 59.2 Å². The fourth-order valence-electron chi connectivity index (χ4n) is 3.65. The molecule has 2 aliphatic rings. The third kappa shape index (κ3) is 2.49. The monoisotopic (exact) mass is 293 g/mol. The Labute approximate surface area is 124 Å². The molecule has 1 aliphatic carbocycles. The minimum absolute atomic E-state index is 0.0145. The van der Waals surface area contributed by atoms with Gasteiger partial charge in [-0.2, -0.15) is 0 Å². The highest BCUT2D eigenvalue weighted by molar-refractivity contribution is 6.33. The van der Waals surface area contributed by atoms with Crippen LogP contribution in [0.3, 0.4) is 0 Å². The summed E-state index contributed by atoms with van der Waals surface area (Å²) in [5.41, 5.74) is 6.18. The van der Waals surface area contributed by atoms with Crippen LogP contribution in [-0.4, -0.2) is 28.4 Å². The number of anilines is 1. The van der Waals surface area contributed by atoms with Crippen molar-refractivity contribution in [3.63, 3.8) is 0 Å². The van der Waals surface area contributed by atoms with E-state index in [-0.39, 0.29) is 5.91 Å². The number of piperidine rings is 1. The van der Waals surface area contributed by atoms with Gasteiger partial charge in [0, 0.05) is 18.8 Å². The van der Waals surface area contributed by atoms with Crippen LogP contribution in [0.2, 0.25) is 5.02 Å². The third-order valence-corrected chi connectivity index (χ3v) is 4.91. The third-order valence-electron chi connectivity index (χ3n) is 4.61. The maximum absolute atomic E-state index is 12.8. The molecule has 4 nitrogen and oxygen atoms in total. The Morgan fingerprint density at radius 2 is 2.05 bits per heavy atom. The molecule has 20 heavy (non-hydrogen) atoms. The van der Waals surface area contributed by atoms with Crippen molar-refractivity contribution in [2.75, 3.05) is 12.3 Å². The number of rotatable bonds is 1. The zero-order valence-corrected chi connectivity index (χ0v) is 12.3. The number of aromatic nitrogens is 1. The first kappa shape index (κ1) is 13.7. The molecule has 0 aromatic carbocycles. The summed E-state index contributed by atoms with van der Waals surface area (Å²) in [6, 6.07) is 1.98. The number of halogens is 1. The standard InChI is InChI=1S/C15H20ClN3O/c16-12-9-18-14(17)8-11(12)15(20)19-7-3-5-10-4-1-2-6-13(10)19/h8-10,13H,1-7H2,(H2,17,18). The Bertz CT molecular complexity index is 518. The van der Waals surface area contributed by atoms with Crippen LogP contribution < -0.4 is 5.73 Å². The average molecular weight is 294 g/mol.